The molecule has 0 aliphatic carbocycles. The Morgan fingerprint density at radius 2 is 2.47 bits per heavy atom. The summed E-state index contributed by atoms with van der Waals surface area (Å²) in [5, 5.41) is 2.11. The molecule has 2 aromatic heterocycles. The van der Waals surface area contributed by atoms with Gasteiger partial charge in [0, 0.05) is 23.7 Å². The number of aryl methyl sites for hydroxylation is 2. The molecule has 3 nitrogen and oxygen atoms in total. The quantitative estimate of drug-likeness (QED) is 0.860. The minimum absolute atomic E-state index is 0.0517. The molecule has 2 rings (SSSR count). The van der Waals surface area contributed by atoms with E-state index in [1.165, 1.54) is 4.88 Å². The zero-order valence-electron chi connectivity index (χ0n) is 8.76. The Hall–Kier alpha value is -1.13. The summed E-state index contributed by atoms with van der Waals surface area (Å²) < 4.78 is 2.13. The molecule has 2 N–H and O–H groups in total. The minimum atomic E-state index is 0.0517. The van der Waals surface area contributed by atoms with Gasteiger partial charge in [-0.15, -0.1) is 11.3 Å². The van der Waals surface area contributed by atoms with Gasteiger partial charge in [-0.3, -0.25) is 0 Å². The number of nitrogens with zero attached hydrogens (tertiary/aromatic N) is 2. The molecule has 0 saturated heterocycles. The molecule has 4 heteroatoms. The lowest BCUT2D eigenvalue weighted by molar-refractivity contribution is 0.627. The van der Waals surface area contributed by atoms with Crippen molar-refractivity contribution >= 4 is 11.3 Å². The first-order chi connectivity index (χ1) is 7.27. The van der Waals surface area contributed by atoms with Gasteiger partial charge in [0.2, 0.25) is 0 Å². The van der Waals surface area contributed by atoms with Crippen LogP contribution in [0.5, 0.6) is 0 Å². The fraction of sp³-hybridized carbons (Fsp3) is 0.364. The van der Waals surface area contributed by atoms with E-state index >= 15 is 0 Å². The van der Waals surface area contributed by atoms with Crippen LogP contribution in [0.4, 0.5) is 0 Å². The van der Waals surface area contributed by atoms with E-state index in [4.69, 9.17) is 5.73 Å². The third-order valence-electron chi connectivity index (χ3n) is 2.39. The van der Waals surface area contributed by atoms with Crippen LogP contribution in [-0.4, -0.2) is 9.55 Å². The second-order valence-electron chi connectivity index (χ2n) is 3.63. The van der Waals surface area contributed by atoms with Crippen molar-refractivity contribution in [3.05, 3.63) is 40.6 Å². The number of nitrogens with two attached hydrogens (primary N) is 1. The van der Waals surface area contributed by atoms with Crippen molar-refractivity contribution in [1.29, 1.82) is 0 Å². The van der Waals surface area contributed by atoms with Crippen LogP contribution in [0.1, 0.15) is 23.5 Å². The summed E-state index contributed by atoms with van der Waals surface area (Å²) in [6.45, 7) is 2.94. The maximum atomic E-state index is 5.85. The smallest absolute Gasteiger partial charge is 0.0948 e. The Kier molecular flexibility index (Phi) is 3.18. The molecule has 80 valence electrons. The molecule has 1 atom stereocenters. The van der Waals surface area contributed by atoms with Crippen molar-refractivity contribution in [2.75, 3.05) is 0 Å². The summed E-state index contributed by atoms with van der Waals surface area (Å²) in [5.74, 6) is 0. The Morgan fingerprint density at radius 1 is 1.60 bits per heavy atom. The molecule has 0 saturated carbocycles. The van der Waals surface area contributed by atoms with Gasteiger partial charge in [0.25, 0.3) is 0 Å². The molecule has 0 amide bonds. The summed E-state index contributed by atoms with van der Waals surface area (Å²) in [7, 11) is 0. The van der Waals surface area contributed by atoms with Crippen LogP contribution in [0.3, 0.4) is 0 Å². The minimum Gasteiger partial charge on any atom is -0.333 e. The first-order valence-corrected chi connectivity index (χ1v) is 5.93. The summed E-state index contributed by atoms with van der Waals surface area (Å²) >= 11 is 1.79. The van der Waals surface area contributed by atoms with Gasteiger partial charge in [0.15, 0.2) is 0 Å². The molecular formula is C11H15N3S. The van der Waals surface area contributed by atoms with Gasteiger partial charge < -0.3 is 10.3 Å². The number of imidazole rings is 1. The number of hydrogen-bond acceptors (Lipinski definition) is 3. The van der Waals surface area contributed by atoms with E-state index in [0.717, 1.165) is 18.7 Å². The van der Waals surface area contributed by atoms with E-state index in [-0.39, 0.29) is 6.04 Å². The molecular weight excluding hydrogens is 206 g/mol. The highest BCUT2D eigenvalue weighted by Gasteiger charge is 2.06. The zero-order chi connectivity index (χ0) is 10.7. The lowest BCUT2D eigenvalue weighted by Crippen LogP contribution is -2.12. The van der Waals surface area contributed by atoms with Crippen molar-refractivity contribution in [3.63, 3.8) is 0 Å². The topological polar surface area (TPSA) is 43.8 Å². The molecule has 0 aromatic carbocycles. The zero-order valence-corrected chi connectivity index (χ0v) is 9.57. The van der Waals surface area contributed by atoms with Crippen molar-refractivity contribution in [1.82, 2.24) is 9.55 Å². The molecule has 0 aliphatic rings. The fourth-order valence-corrected chi connectivity index (χ4v) is 2.28. The average molecular weight is 221 g/mol. The Bertz CT molecular complexity index is 403. The van der Waals surface area contributed by atoms with Crippen LogP contribution in [-0.2, 0) is 13.0 Å². The number of aromatic nitrogens is 2. The fourth-order valence-electron chi connectivity index (χ4n) is 1.58. The summed E-state index contributed by atoms with van der Waals surface area (Å²) in [6, 6.07) is 4.30. The van der Waals surface area contributed by atoms with Crippen LogP contribution in [0.2, 0.25) is 0 Å². The third kappa shape index (κ3) is 2.46. The van der Waals surface area contributed by atoms with Gasteiger partial charge in [0.05, 0.1) is 12.0 Å². The third-order valence-corrected chi connectivity index (χ3v) is 3.33. The van der Waals surface area contributed by atoms with Crippen LogP contribution < -0.4 is 5.73 Å². The maximum absolute atomic E-state index is 5.85. The van der Waals surface area contributed by atoms with E-state index in [0.29, 0.717) is 0 Å². The van der Waals surface area contributed by atoms with E-state index < -0.39 is 0 Å². The predicted molar refractivity (Wildman–Crippen MR) is 62.9 cm³/mol. The lowest BCUT2D eigenvalue weighted by Gasteiger charge is -2.09. The lowest BCUT2D eigenvalue weighted by atomic mass is 10.2. The molecule has 0 spiro atoms. The molecule has 0 aliphatic heterocycles. The van der Waals surface area contributed by atoms with Crippen LogP contribution in [0.25, 0.3) is 0 Å². The Morgan fingerprint density at radius 3 is 3.13 bits per heavy atom. The van der Waals surface area contributed by atoms with Crippen LogP contribution in [0, 0.1) is 0 Å². The van der Waals surface area contributed by atoms with Gasteiger partial charge in [-0.1, -0.05) is 6.07 Å². The first kappa shape index (κ1) is 10.4. The second kappa shape index (κ2) is 4.59. The first-order valence-electron chi connectivity index (χ1n) is 5.05. The Labute approximate surface area is 93.6 Å². The molecule has 2 heterocycles. The summed E-state index contributed by atoms with van der Waals surface area (Å²) in [5.41, 5.74) is 6.95. The second-order valence-corrected chi connectivity index (χ2v) is 4.66. The summed E-state index contributed by atoms with van der Waals surface area (Å²) in [4.78, 5) is 5.53. The van der Waals surface area contributed by atoms with Gasteiger partial charge in [-0.2, -0.15) is 0 Å². The predicted octanol–water partition coefficient (Wildman–Crippen LogP) is 2.21. The van der Waals surface area contributed by atoms with Crippen LogP contribution in [0.15, 0.2) is 30.0 Å². The van der Waals surface area contributed by atoms with E-state index in [1.807, 2.05) is 19.4 Å². The number of hydrogen-bond donors (Lipinski definition) is 1. The van der Waals surface area contributed by atoms with Gasteiger partial charge in [0.1, 0.15) is 0 Å². The SMILES string of the molecule is C[C@H](N)c1cncn1CCc1cccs1. The van der Waals surface area contributed by atoms with Gasteiger partial charge in [-0.05, 0) is 24.8 Å². The highest BCUT2D eigenvalue weighted by molar-refractivity contribution is 7.09. The number of thiophene rings is 1. The summed E-state index contributed by atoms with van der Waals surface area (Å²) in [6.07, 6.45) is 4.75. The maximum Gasteiger partial charge on any atom is 0.0948 e. The number of rotatable bonds is 4. The normalized spacial score (nSPS) is 12.9. The highest BCUT2D eigenvalue weighted by Crippen LogP contribution is 2.13. The van der Waals surface area contributed by atoms with Crippen molar-refractivity contribution < 1.29 is 0 Å². The van der Waals surface area contributed by atoms with E-state index in [1.54, 1.807) is 11.3 Å². The molecule has 15 heavy (non-hydrogen) atoms. The van der Waals surface area contributed by atoms with E-state index in [2.05, 4.69) is 27.1 Å². The monoisotopic (exact) mass is 221 g/mol. The standard InChI is InChI=1S/C11H15N3S/c1-9(12)11-7-13-8-14(11)5-4-10-3-2-6-15-10/h2-3,6-9H,4-5,12H2,1H3/t9-/m0/s1. The molecule has 0 unspecified atom stereocenters. The largest absolute Gasteiger partial charge is 0.333 e. The van der Waals surface area contributed by atoms with Crippen molar-refractivity contribution in [2.24, 2.45) is 5.73 Å². The van der Waals surface area contributed by atoms with E-state index in [9.17, 15) is 0 Å². The average Bonchev–Trinajstić information content (AvgIpc) is 2.86. The van der Waals surface area contributed by atoms with Crippen molar-refractivity contribution in [2.45, 2.75) is 25.9 Å². The van der Waals surface area contributed by atoms with Crippen LogP contribution >= 0.6 is 11.3 Å². The van der Waals surface area contributed by atoms with Gasteiger partial charge in [-0.25, -0.2) is 4.98 Å². The molecule has 0 radical (unpaired) electrons. The highest BCUT2D eigenvalue weighted by atomic mass is 32.1. The van der Waals surface area contributed by atoms with Gasteiger partial charge >= 0.3 is 0 Å². The molecule has 2 aromatic rings. The molecule has 0 bridgehead atoms. The molecule has 0 fully saturated rings. The Balaban J connectivity index is 2.02. The van der Waals surface area contributed by atoms with Crippen molar-refractivity contribution in [3.8, 4) is 0 Å².